The summed E-state index contributed by atoms with van der Waals surface area (Å²) in [6.45, 7) is 9.05. The van der Waals surface area contributed by atoms with Gasteiger partial charge in [0.05, 0.1) is 6.10 Å². The van der Waals surface area contributed by atoms with Crippen LogP contribution in [-0.2, 0) is 4.74 Å². The van der Waals surface area contributed by atoms with Crippen LogP contribution in [0.5, 0.6) is 0 Å². The molecule has 2 aliphatic heterocycles. The molecule has 2 heterocycles. The van der Waals surface area contributed by atoms with Crippen molar-refractivity contribution in [3.8, 4) is 0 Å². The van der Waals surface area contributed by atoms with Gasteiger partial charge in [-0.15, -0.1) is 0 Å². The molecule has 2 fully saturated rings. The molecule has 2 aliphatic rings. The molecule has 0 amide bonds. The van der Waals surface area contributed by atoms with Gasteiger partial charge in [-0.3, -0.25) is 4.90 Å². The minimum absolute atomic E-state index is 0.513. The molecule has 2 saturated heterocycles. The van der Waals surface area contributed by atoms with Crippen LogP contribution in [0.25, 0.3) is 0 Å². The molecule has 4 heteroatoms. The smallest absolute Gasteiger partial charge is 0.0702 e. The number of rotatable bonds is 6. The van der Waals surface area contributed by atoms with E-state index < -0.39 is 0 Å². The Morgan fingerprint density at radius 1 is 1.06 bits per heavy atom. The molecule has 0 saturated carbocycles. The van der Waals surface area contributed by atoms with E-state index in [1.165, 1.54) is 52.0 Å². The fourth-order valence-corrected chi connectivity index (χ4v) is 2.75. The van der Waals surface area contributed by atoms with Crippen LogP contribution in [-0.4, -0.2) is 68.3 Å². The lowest BCUT2D eigenvalue weighted by atomic mass is 10.2. The fourth-order valence-electron chi connectivity index (χ4n) is 2.75. The highest BCUT2D eigenvalue weighted by Gasteiger charge is 2.22. The molecule has 0 aromatic carbocycles. The Labute approximate surface area is 105 Å². The van der Waals surface area contributed by atoms with Gasteiger partial charge in [-0.1, -0.05) is 0 Å². The predicted molar refractivity (Wildman–Crippen MR) is 70.1 cm³/mol. The van der Waals surface area contributed by atoms with Crippen molar-refractivity contribution < 1.29 is 4.74 Å². The van der Waals surface area contributed by atoms with Gasteiger partial charge in [-0.25, -0.2) is 0 Å². The Kier molecular flexibility index (Phi) is 5.71. The van der Waals surface area contributed by atoms with Crippen molar-refractivity contribution >= 4 is 0 Å². The maximum absolute atomic E-state index is 5.69. The molecule has 0 radical (unpaired) electrons. The highest BCUT2D eigenvalue weighted by atomic mass is 16.5. The molecule has 1 atom stereocenters. The van der Waals surface area contributed by atoms with E-state index in [9.17, 15) is 0 Å². The zero-order valence-electron chi connectivity index (χ0n) is 10.9. The number of piperazine rings is 1. The van der Waals surface area contributed by atoms with Crippen molar-refractivity contribution in [2.45, 2.75) is 31.8 Å². The van der Waals surface area contributed by atoms with Crippen LogP contribution in [0, 0.1) is 0 Å². The van der Waals surface area contributed by atoms with Crippen molar-refractivity contribution in [2.75, 3.05) is 52.4 Å². The van der Waals surface area contributed by atoms with E-state index >= 15 is 0 Å². The van der Waals surface area contributed by atoms with Crippen LogP contribution in [0.4, 0.5) is 0 Å². The van der Waals surface area contributed by atoms with E-state index in [1.807, 2.05) is 0 Å². The first-order valence-corrected chi connectivity index (χ1v) is 7.15. The fraction of sp³-hybridized carbons (Fsp3) is 1.00. The van der Waals surface area contributed by atoms with Crippen LogP contribution >= 0.6 is 0 Å². The largest absolute Gasteiger partial charge is 0.377 e. The Morgan fingerprint density at radius 3 is 2.47 bits per heavy atom. The third kappa shape index (κ3) is 4.54. The number of nitrogens with zero attached hydrogens (tertiary/aromatic N) is 2. The number of nitrogens with two attached hydrogens (primary N) is 1. The number of ether oxygens (including phenoxy) is 1. The van der Waals surface area contributed by atoms with E-state index in [0.29, 0.717) is 6.10 Å². The first-order chi connectivity index (χ1) is 8.38. The highest BCUT2D eigenvalue weighted by Crippen LogP contribution is 2.14. The van der Waals surface area contributed by atoms with Crippen LogP contribution in [0.2, 0.25) is 0 Å². The van der Waals surface area contributed by atoms with Gasteiger partial charge in [0.2, 0.25) is 0 Å². The Hall–Kier alpha value is -0.160. The predicted octanol–water partition coefficient (Wildman–Crippen LogP) is 0.522. The van der Waals surface area contributed by atoms with Crippen LogP contribution in [0.3, 0.4) is 0 Å². The van der Waals surface area contributed by atoms with E-state index in [0.717, 1.165) is 26.1 Å². The molecule has 17 heavy (non-hydrogen) atoms. The standard InChI is InChI=1S/C13H27N3O/c14-5-1-2-6-15-7-9-16(10-8-15)12-13-4-3-11-17-13/h13H,1-12,14H2. The average Bonchev–Trinajstić information content (AvgIpc) is 2.85. The Morgan fingerprint density at radius 2 is 1.82 bits per heavy atom. The second kappa shape index (κ2) is 7.31. The van der Waals surface area contributed by atoms with Gasteiger partial charge in [-0.2, -0.15) is 0 Å². The zero-order valence-corrected chi connectivity index (χ0v) is 10.9. The Balaban J connectivity index is 1.57. The van der Waals surface area contributed by atoms with Crippen LogP contribution in [0.1, 0.15) is 25.7 Å². The number of unbranched alkanes of at least 4 members (excludes halogenated alkanes) is 1. The molecule has 100 valence electrons. The van der Waals surface area contributed by atoms with Gasteiger partial charge in [-0.05, 0) is 38.8 Å². The quantitative estimate of drug-likeness (QED) is 0.689. The van der Waals surface area contributed by atoms with Crippen molar-refractivity contribution in [2.24, 2.45) is 5.73 Å². The summed E-state index contributed by atoms with van der Waals surface area (Å²) in [5.74, 6) is 0. The molecule has 1 unspecified atom stereocenters. The lowest BCUT2D eigenvalue weighted by Crippen LogP contribution is -2.48. The summed E-state index contributed by atoms with van der Waals surface area (Å²) in [5, 5.41) is 0. The monoisotopic (exact) mass is 241 g/mol. The summed E-state index contributed by atoms with van der Waals surface area (Å²) in [5.41, 5.74) is 5.52. The summed E-state index contributed by atoms with van der Waals surface area (Å²) in [7, 11) is 0. The maximum atomic E-state index is 5.69. The minimum Gasteiger partial charge on any atom is -0.377 e. The van der Waals surface area contributed by atoms with Gasteiger partial charge in [0, 0.05) is 39.3 Å². The van der Waals surface area contributed by atoms with Crippen LogP contribution in [0.15, 0.2) is 0 Å². The van der Waals surface area contributed by atoms with Gasteiger partial charge >= 0.3 is 0 Å². The molecule has 2 rings (SSSR count). The molecule has 0 aliphatic carbocycles. The van der Waals surface area contributed by atoms with Gasteiger partial charge in [0.15, 0.2) is 0 Å². The topological polar surface area (TPSA) is 41.7 Å². The molecule has 0 spiro atoms. The normalized spacial score (nSPS) is 27.7. The molecular weight excluding hydrogens is 214 g/mol. The first-order valence-electron chi connectivity index (χ1n) is 7.15. The van der Waals surface area contributed by atoms with Crippen molar-refractivity contribution in [3.05, 3.63) is 0 Å². The molecule has 0 bridgehead atoms. The third-order valence-electron chi connectivity index (χ3n) is 3.88. The van der Waals surface area contributed by atoms with E-state index in [-0.39, 0.29) is 0 Å². The van der Waals surface area contributed by atoms with Gasteiger partial charge in [0.25, 0.3) is 0 Å². The van der Waals surface area contributed by atoms with Gasteiger partial charge in [0.1, 0.15) is 0 Å². The summed E-state index contributed by atoms with van der Waals surface area (Å²) < 4.78 is 5.69. The number of hydrogen-bond acceptors (Lipinski definition) is 4. The molecule has 2 N–H and O–H groups in total. The average molecular weight is 241 g/mol. The molecule has 0 aromatic rings. The zero-order chi connectivity index (χ0) is 11.9. The first kappa shape index (κ1) is 13.3. The van der Waals surface area contributed by atoms with Crippen molar-refractivity contribution in [3.63, 3.8) is 0 Å². The van der Waals surface area contributed by atoms with Crippen LogP contribution < -0.4 is 5.73 Å². The number of hydrogen-bond donors (Lipinski definition) is 1. The van der Waals surface area contributed by atoms with E-state index in [2.05, 4.69) is 9.80 Å². The third-order valence-corrected chi connectivity index (χ3v) is 3.88. The minimum atomic E-state index is 0.513. The van der Waals surface area contributed by atoms with Crippen molar-refractivity contribution in [1.82, 2.24) is 9.80 Å². The van der Waals surface area contributed by atoms with Gasteiger partial charge < -0.3 is 15.4 Å². The second-order valence-corrected chi connectivity index (χ2v) is 5.27. The molecule has 0 aromatic heterocycles. The summed E-state index contributed by atoms with van der Waals surface area (Å²) >= 11 is 0. The van der Waals surface area contributed by atoms with Crippen molar-refractivity contribution in [1.29, 1.82) is 0 Å². The lowest BCUT2D eigenvalue weighted by molar-refractivity contribution is 0.0502. The summed E-state index contributed by atoms with van der Waals surface area (Å²) in [4.78, 5) is 5.14. The van der Waals surface area contributed by atoms with E-state index in [1.54, 1.807) is 0 Å². The second-order valence-electron chi connectivity index (χ2n) is 5.27. The lowest BCUT2D eigenvalue weighted by Gasteiger charge is -2.35. The SMILES string of the molecule is NCCCCN1CCN(CC2CCCO2)CC1. The molecule has 4 nitrogen and oxygen atoms in total. The summed E-state index contributed by atoms with van der Waals surface area (Å²) in [6, 6.07) is 0. The van der Waals surface area contributed by atoms with E-state index in [4.69, 9.17) is 10.5 Å². The maximum Gasteiger partial charge on any atom is 0.0702 e. The molecular formula is C13H27N3O. The summed E-state index contributed by atoms with van der Waals surface area (Å²) in [6.07, 6.45) is 5.44. The highest BCUT2D eigenvalue weighted by molar-refractivity contribution is 4.76. The Bertz CT molecular complexity index is 199.